The van der Waals surface area contributed by atoms with Crippen molar-refractivity contribution in [2.45, 2.75) is 6.92 Å². The average molecular weight is 440 g/mol. The highest BCUT2D eigenvalue weighted by Crippen LogP contribution is 2.52. The van der Waals surface area contributed by atoms with Crippen LogP contribution in [-0.4, -0.2) is 18.6 Å². The van der Waals surface area contributed by atoms with E-state index in [1.165, 1.54) is 0 Å². The van der Waals surface area contributed by atoms with E-state index >= 15 is 0 Å². The molecule has 0 aromatic heterocycles. The fourth-order valence-electron chi connectivity index (χ4n) is 3.54. The molecule has 0 atom stereocenters. The van der Waals surface area contributed by atoms with Gasteiger partial charge in [-0.1, -0.05) is 15.9 Å². The highest BCUT2D eigenvalue weighted by atomic mass is 79.9. The first-order valence-corrected chi connectivity index (χ1v) is 9.62. The number of ether oxygens (including phenoxy) is 1. The third kappa shape index (κ3) is 2.97. The fraction of sp³-hybridized carbons (Fsp3) is 0.143. The van der Waals surface area contributed by atoms with Gasteiger partial charge in [0.2, 0.25) is 0 Å². The largest absolute Gasteiger partial charge is 0.497 e. The predicted molar refractivity (Wildman–Crippen MR) is 115 cm³/mol. The SMILES string of the molecule is CCN1c2cc(OC)ccc2N(c2ccc(Br)cc2)c2cc([N+](=O)[O-])ccc21. The van der Waals surface area contributed by atoms with Crippen LogP contribution in [0.2, 0.25) is 0 Å². The maximum absolute atomic E-state index is 11.4. The Morgan fingerprint density at radius 2 is 1.68 bits per heavy atom. The second-order valence-corrected chi connectivity index (χ2v) is 7.26. The molecule has 142 valence electrons. The molecule has 3 aromatic rings. The van der Waals surface area contributed by atoms with Crippen LogP contribution >= 0.6 is 15.9 Å². The molecule has 0 saturated carbocycles. The molecule has 0 fully saturated rings. The lowest BCUT2D eigenvalue weighted by atomic mass is 10.0. The van der Waals surface area contributed by atoms with Gasteiger partial charge in [0.25, 0.3) is 5.69 Å². The van der Waals surface area contributed by atoms with Crippen molar-refractivity contribution in [3.8, 4) is 5.75 Å². The van der Waals surface area contributed by atoms with Gasteiger partial charge in [-0.05, 0) is 49.4 Å². The second-order valence-electron chi connectivity index (χ2n) is 6.34. The third-order valence-electron chi connectivity index (χ3n) is 4.82. The molecule has 4 rings (SSSR count). The third-order valence-corrected chi connectivity index (χ3v) is 5.35. The number of nitrogens with zero attached hydrogens (tertiary/aromatic N) is 3. The van der Waals surface area contributed by atoms with E-state index < -0.39 is 0 Å². The molecule has 0 saturated heterocycles. The molecule has 7 heteroatoms. The first kappa shape index (κ1) is 18.3. The normalized spacial score (nSPS) is 12.4. The minimum absolute atomic E-state index is 0.0638. The molecule has 1 aliphatic rings. The summed E-state index contributed by atoms with van der Waals surface area (Å²) in [5.41, 5.74) is 4.61. The van der Waals surface area contributed by atoms with Crippen molar-refractivity contribution in [1.29, 1.82) is 0 Å². The van der Waals surface area contributed by atoms with E-state index in [0.29, 0.717) is 0 Å². The minimum atomic E-state index is -0.361. The Morgan fingerprint density at radius 3 is 2.32 bits per heavy atom. The number of non-ortho nitro benzene ring substituents is 1. The quantitative estimate of drug-likeness (QED) is 0.352. The number of methoxy groups -OCH3 is 1. The lowest BCUT2D eigenvalue weighted by molar-refractivity contribution is -0.384. The molecule has 0 amide bonds. The Hall–Kier alpha value is -3.06. The van der Waals surface area contributed by atoms with Gasteiger partial charge in [-0.25, -0.2) is 0 Å². The lowest BCUT2D eigenvalue weighted by Crippen LogP contribution is -2.27. The summed E-state index contributed by atoms with van der Waals surface area (Å²) in [5, 5.41) is 11.4. The summed E-state index contributed by atoms with van der Waals surface area (Å²) in [7, 11) is 1.64. The van der Waals surface area contributed by atoms with Crippen LogP contribution in [0.4, 0.5) is 34.1 Å². The average Bonchev–Trinajstić information content (AvgIpc) is 2.71. The summed E-state index contributed by atoms with van der Waals surface area (Å²) in [6, 6.07) is 18.8. The molecule has 0 aliphatic carbocycles. The smallest absolute Gasteiger partial charge is 0.271 e. The molecule has 0 unspecified atom stereocenters. The second kappa shape index (κ2) is 7.16. The van der Waals surface area contributed by atoms with Gasteiger partial charge in [-0.15, -0.1) is 0 Å². The minimum Gasteiger partial charge on any atom is -0.497 e. The highest BCUT2D eigenvalue weighted by molar-refractivity contribution is 9.10. The number of hydrogen-bond donors (Lipinski definition) is 0. The lowest BCUT2D eigenvalue weighted by Gasteiger charge is -2.39. The molecular formula is C21H18BrN3O3. The van der Waals surface area contributed by atoms with E-state index in [1.54, 1.807) is 19.2 Å². The molecule has 0 spiro atoms. The van der Waals surface area contributed by atoms with Crippen molar-refractivity contribution in [2.75, 3.05) is 23.5 Å². The summed E-state index contributed by atoms with van der Waals surface area (Å²) in [6.45, 7) is 2.78. The van der Waals surface area contributed by atoms with Gasteiger partial charge in [0.15, 0.2) is 0 Å². The number of anilines is 5. The van der Waals surface area contributed by atoms with Gasteiger partial charge < -0.3 is 14.5 Å². The zero-order valence-electron chi connectivity index (χ0n) is 15.4. The Bertz CT molecular complexity index is 1050. The summed E-state index contributed by atoms with van der Waals surface area (Å²) >= 11 is 3.47. The van der Waals surface area contributed by atoms with Gasteiger partial charge >= 0.3 is 0 Å². The van der Waals surface area contributed by atoms with E-state index in [2.05, 4.69) is 32.7 Å². The van der Waals surface area contributed by atoms with Crippen molar-refractivity contribution in [3.05, 3.63) is 75.3 Å². The zero-order chi connectivity index (χ0) is 19.8. The van der Waals surface area contributed by atoms with Gasteiger partial charge in [-0.3, -0.25) is 10.1 Å². The molecule has 3 aromatic carbocycles. The van der Waals surface area contributed by atoms with Crippen LogP contribution in [0.3, 0.4) is 0 Å². The Labute approximate surface area is 171 Å². The standard InChI is InChI=1S/C21H18BrN3O3/c1-3-23-18-10-8-16(25(26)27)12-21(18)24(15-6-4-14(22)5-7-15)19-11-9-17(28-2)13-20(19)23/h4-13H,3H2,1-2H3. The van der Waals surface area contributed by atoms with Gasteiger partial charge in [0.1, 0.15) is 5.75 Å². The number of nitro benzene ring substituents is 1. The predicted octanol–water partition coefficient (Wildman–Crippen LogP) is 6.31. The number of fused-ring (bicyclic) bond motifs is 2. The van der Waals surface area contributed by atoms with Crippen LogP contribution in [0.5, 0.6) is 5.75 Å². The molecule has 6 nitrogen and oxygen atoms in total. The van der Waals surface area contributed by atoms with Crippen LogP contribution in [0.1, 0.15) is 6.92 Å². The van der Waals surface area contributed by atoms with Gasteiger partial charge in [0.05, 0.1) is 34.8 Å². The maximum Gasteiger partial charge on any atom is 0.271 e. The molecular weight excluding hydrogens is 422 g/mol. The summed E-state index contributed by atoms with van der Waals surface area (Å²) in [4.78, 5) is 15.2. The number of hydrogen-bond acceptors (Lipinski definition) is 5. The zero-order valence-corrected chi connectivity index (χ0v) is 17.0. The molecule has 1 aliphatic heterocycles. The topological polar surface area (TPSA) is 58.8 Å². The molecule has 0 N–H and O–H groups in total. The first-order chi connectivity index (χ1) is 13.5. The Balaban J connectivity index is 2.00. The summed E-state index contributed by atoms with van der Waals surface area (Å²) in [6.07, 6.45) is 0. The van der Waals surface area contributed by atoms with Crippen molar-refractivity contribution in [2.24, 2.45) is 0 Å². The summed E-state index contributed by atoms with van der Waals surface area (Å²) < 4.78 is 6.40. The van der Waals surface area contributed by atoms with Crippen LogP contribution in [-0.2, 0) is 0 Å². The Kier molecular flexibility index (Phi) is 4.68. The monoisotopic (exact) mass is 439 g/mol. The summed E-state index contributed by atoms with van der Waals surface area (Å²) in [5.74, 6) is 0.762. The Morgan fingerprint density at radius 1 is 0.964 bits per heavy atom. The van der Waals surface area contributed by atoms with E-state index in [-0.39, 0.29) is 10.6 Å². The first-order valence-electron chi connectivity index (χ1n) is 8.83. The number of halogens is 1. The van der Waals surface area contributed by atoms with Crippen molar-refractivity contribution < 1.29 is 9.66 Å². The van der Waals surface area contributed by atoms with Gasteiger partial charge in [0, 0.05) is 34.9 Å². The molecule has 0 radical (unpaired) electrons. The van der Waals surface area contributed by atoms with Crippen LogP contribution in [0.25, 0.3) is 0 Å². The van der Waals surface area contributed by atoms with E-state index in [1.807, 2.05) is 48.5 Å². The maximum atomic E-state index is 11.4. The van der Waals surface area contributed by atoms with Gasteiger partial charge in [-0.2, -0.15) is 0 Å². The number of benzene rings is 3. The van der Waals surface area contributed by atoms with E-state index in [0.717, 1.165) is 45.2 Å². The van der Waals surface area contributed by atoms with Crippen LogP contribution < -0.4 is 14.5 Å². The molecule has 1 heterocycles. The highest BCUT2D eigenvalue weighted by Gasteiger charge is 2.30. The fourth-order valence-corrected chi connectivity index (χ4v) is 3.80. The van der Waals surface area contributed by atoms with E-state index in [9.17, 15) is 10.1 Å². The molecule has 0 bridgehead atoms. The number of rotatable bonds is 4. The van der Waals surface area contributed by atoms with Crippen molar-refractivity contribution >= 4 is 50.1 Å². The number of nitro groups is 1. The van der Waals surface area contributed by atoms with Crippen LogP contribution in [0.15, 0.2) is 65.1 Å². The van der Waals surface area contributed by atoms with Crippen LogP contribution in [0, 0.1) is 10.1 Å². The van der Waals surface area contributed by atoms with Crippen molar-refractivity contribution in [1.82, 2.24) is 0 Å². The van der Waals surface area contributed by atoms with E-state index in [4.69, 9.17) is 4.74 Å². The van der Waals surface area contributed by atoms with Crippen molar-refractivity contribution in [3.63, 3.8) is 0 Å². The molecule has 28 heavy (non-hydrogen) atoms.